The Balaban J connectivity index is 1.80. The lowest BCUT2D eigenvalue weighted by Gasteiger charge is -2.12. The number of hydrogen-bond donors (Lipinski definition) is 1. The summed E-state index contributed by atoms with van der Waals surface area (Å²) in [5.41, 5.74) is 3.71. The molecule has 3 aromatic rings. The van der Waals surface area contributed by atoms with Gasteiger partial charge in [0.2, 0.25) is 0 Å². The summed E-state index contributed by atoms with van der Waals surface area (Å²) in [6.07, 6.45) is 2.57. The highest BCUT2D eigenvalue weighted by atomic mass is 16.3. The number of benzene rings is 2. The Morgan fingerprint density at radius 2 is 1.71 bits per heavy atom. The van der Waals surface area contributed by atoms with E-state index in [1.807, 2.05) is 37.3 Å². The minimum absolute atomic E-state index is 0.000592. The molecular weight excluding hydrogens is 298 g/mol. The highest BCUT2D eigenvalue weighted by molar-refractivity contribution is 6.00. The molecule has 1 unspecified atom stereocenters. The molecule has 1 aromatic heterocycles. The average Bonchev–Trinajstić information content (AvgIpc) is 2.62. The summed E-state index contributed by atoms with van der Waals surface area (Å²) in [5, 5.41) is 9.35. The molecule has 0 spiro atoms. The fourth-order valence-electron chi connectivity index (χ4n) is 2.68. The lowest BCUT2D eigenvalue weighted by molar-refractivity contribution is 0.0964. The van der Waals surface area contributed by atoms with E-state index in [1.54, 1.807) is 18.3 Å². The van der Waals surface area contributed by atoms with Crippen LogP contribution in [0.15, 0.2) is 72.9 Å². The molecule has 0 fully saturated rings. The fourth-order valence-corrected chi connectivity index (χ4v) is 2.68. The van der Waals surface area contributed by atoms with Crippen LogP contribution in [0.25, 0.3) is 0 Å². The van der Waals surface area contributed by atoms with Crippen LogP contribution in [0.3, 0.4) is 0 Å². The van der Waals surface area contributed by atoms with Crippen molar-refractivity contribution in [2.24, 2.45) is 0 Å². The van der Waals surface area contributed by atoms with Crippen LogP contribution in [0, 0.1) is 0 Å². The first-order valence-corrected chi connectivity index (χ1v) is 7.95. The summed E-state index contributed by atoms with van der Waals surface area (Å²) >= 11 is 0. The number of aromatic nitrogens is 1. The number of nitrogens with zero attached hydrogens (tertiary/aromatic N) is 1. The molecule has 0 aliphatic carbocycles. The molecule has 1 heterocycles. The molecular formula is C21H19NO2. The summed E-state index contributed by atoms with van der Waals surface area (Å²) in [5.74, 6) is -0.174. The Bertz CT molecular complexity index is 826. The van der Waals surface area contributed by atoms with Gasteiger partial charge in [-0.05, 0) is 60.9 Å². The Morgan fingerprint density at radius 1 is 1.00 bits per heavy atom. The van der Waals surface area contributed by atoms with Gasteiger partial charge < -0.3 is 5.11 Å². The first-order valence-electron chi connectivity index (χ1n) is 7.95. The standard InChI is InChI=1S/C21H19NO2/c1-15(21(24)18-7-9-19(23)10-8-18)20-14-17(11-12-22-20)13-16-5-3-2-4-6-16/h2-12,14-15,23H,13H2,1H3. The van der Waals surface area contributed by atoms with Crippen LogP contribution < -0.4 is 0 Å². The van der Waals surface area contributed by atoms with E-state index in [0.717, 1.165) is 17.7 Å². The molecule has 1 atom stereocenters. The van der Waals surface area contributed by atoms with Crippen LogP contribution in [0.2, 0.25) is 0 Å². The van der Waals surface area contributed by atoms with Gasteiger partial charge in [0.25, 0.3) is 0 Å². The minimum Gasteiger partial charge on any atom is -0.508 e. The minimum atomic E-state index is -0.328. The smallest absolute Gasteiger partial charge is 0.171 e. The maximum Gasteiger partial charge on any atom is 0.171 e. The molecule has 3 nitrogen and oxygen atoms in total. The maximum atomic E-state index is 12.6. The third kappa shape index (κ3) is 3.69. The van der Waals surface area contributed by atoms with Crippen LogP contribution in [-0.2, 0) is 6.42 Å². The largest absolute Gasteiger partial charge is 0.508 e. The molecule has 0 saturated heterocycles. The third-order valence-electron chi connectivity index (χ3n) is 4.09. The SMILES string of the molecule is CC(C(=O)c1ccc(O)cc1)c1cc(Cc2ccccc2)ccn1. The van der Waals surface area contributed by atoms with Gasteiger partial charge in [-0.1, -0.05) is 30.3 Å². The quantitative estimate of drug-likeness (QED) is 0.711. The highest BCUT2D eigenvalue weighted by Gasteiger charge is 2.18. The van der Waals surface area contributed by atoms with Crippen molar-refractivity contribution in [2.45, 2.75) is 19.3 Å². The van der Waals surface area contributed by atoms with Gasteiger partial charge >= 0.3 is 0 Å². The topological polar surface area (TPSA) is 50.2 Å². The number of carbonyl (C=O) groups is 1. The maximum absolute atomic E-state index is 12.6. The zero-order valence-corrected chi connectivity index (χ0v) is 13.5. The Hall–Kier alpha value is -2.94. The number of ketones is 1. The van der Waals surface area contributed by atoms with Gasteiger partial charge in [0.1, 0.15) is 5.75 Å². The van der Waals surface area contributed by atoms with Crippen molar-refractivity contribution in [3.8, 4) is 5.75 Å². The molecule has 120 valence electrons. The molecule has 1 N–H and O–H groups in total. The van der Waals surface area contributed by atoms with E-state index < -0.39 is 0 Å². The Morgan fingerprint density at radius 3 is 2.42 bits per heavy atom. The molecule has 0 aliphatic heterocycles. The molecule has 3 rings (SSSR count). The second-order valence-corrected chi connectivity index (χ2v) is 5.88. The highest BCUT2D eigenvalue weighted by Crippen LogP contribution is 2.22. The molecule has 0 bridgehead atoms. The molecule has 0 aliphatic rings. The molecule has 2 aromatic carbocycles. The summed E-state index contributed by atoms with van der Waals surface area (Å²) in [6, 6.07) is 20.5. The van der Waals surface area contributed by atoms with Crippen molar-refractivity contribution in [1.82, 2.24) is 4.98 Å². The van der Waals surface area contributed by atoms with Gasteiger partial charge in [-0.25, -0.2) is 0 Å². The van der Waals surface area contributed by atoms with E-state index in [9.17, 15) is 9.90 Å². The third-order valence-corrected chi connectivity index (χ3v) is 4.09. The summed E-state index contributed by atoms with van der Waals surface area (Å²) in [4.78, 5) is 17.0. The van der Waals surface area contributed by atoms with E-state index in [4.69, 9.17) is 0 Å². The van der Waals surface area contributed by atoms with Crippen molar-refractivity contribution in [1.29, 1.82) is 0 Å². The first-order chi connectivity index (χ1) is 11.6. The number of pyridine rings is 1. The number of carbonyl (C=O) groups excluding carboxylic acids is 1. The summed E-state index contributed by atoms with van der Waals surface area (Å²) in [6.45, 7) is 1.86. The average molecular weight is 317 g/mol. The van der Waals surface area contributed by atoms with Crippen LogP contribution >= 0.6 is 0 Å². The number of phenols is 1. The Kier molecular flexibility index (Phi) is 4.71. The van der Waals surface area contributed by atoms with Crippen molar-refractivity contribution in [2.75, 3.05) is 0 Å². The van der Waals surface area contributed by atoms with E-state index in [1.165, 1.54) is 17.7 Å². The van der Waals surface area contributed by atoms with Crippen molar-refractivity contribution >= 4 is 5.78 Å². The first kappa shape index (κ1) is 15.9. The van der Waals surface area contributed by atoms with Gasteiger partial charge in [-0.2, -0.15) is 0 Å². The van der Waals surface area contributed by atoms with Crippen LogP contribution in [-0.4, -0.2) is 15.9 Å². The lowest BCUT2D eigenvalue weighted by atomic mass is 9.94. The van der Waals surface area contributed by atoms with Crippen LogP contribution in [0.5, 0.6) is 5.75 Å². The van der Waals surface area contributed by atoms with E-state index in [-0.39, 0.29) is 17.5 Å². The van der Waals surface area contributed by atoms with Crippen LogP contribution in [0.1, 0.15) is 40.0 Å². The zero-order valence-electron chi connectivity index (χ0n) is 13.5. The number of rotatable bonds is 5. The van der Waals surface area contributed by atoms with E-state index in [2.05, 4.69) is 17.1 Å². The summed E-state index contributed by atoms with van der Waals surface area (Å²) < 4.78 is 0. The Labute approximate surface area is 141 Å². The predicted molar refractivity (Wildman–Crippen MR) is 94.3 cm³/mol. The number of Topliss-reactive ketones (excluding diaryl/α,β-unsaturated/α-hetero) is 1. The van der Waals surface area contributed by atoms with Crippen molar-refractivity contribution in [3.63, 3.8) is 0 Å². The lowest BCUT2D eigenvalue weighted by Crippen LogP contribution is -2.11. The van der Waals surface area contributed by atoms with Gasteiger partial charge in [0, 0.05) is 11.8 Å². The van der Waals surface area contributed by atoms with Gasteiger partial charge in [0.15, 0.2) is 5.78 Å². The number of phenolic OH excluding ortho intramolecular Hbond substituents is 1. The van der Waals surface area contributed by atoms with Gasteiger partial charge in [-0.15, -0.1) is 0 Å². The normalized spacial score (nSPS) is 11.9. The molecule has 0 amide bonds. The summed E-state index contributed by atoms with van der Waals surface area (Å²) in [7, 11) is 0. The number of hydrogen-bond acceptors (Lipinski definition) is 3. The molecule has 0 saturated carbocycles. The molecule has 3 heteroatoms. The van der Waals surface area contributed by atoms with Gasteiger partial charge in [0.05, 0.1) is 11.6 Å². The fraction of sp³-hybridized carbons (Fsp3) is 0.143. The van der Waals surface area contributed by atoms with Crippen molar-refractivity contribution < 1.29 is 9.90 Å². The van der Waals surface area contributed by atoms with E-state index >= 15 is 0 Å². The van der Waals surface area contributed by atoms with E-state index in [0.29, 0.717) is 5.56 Å². The monoisotopic (exact) mass is 317 g/mol. The van der Waals surface area contributed by atoms with Crippen LogP contribution in [0.4, 0.5) is 0 Å². The number of aromatic hydroxyl groups is 1. The molecule has 24 heavy (non-hydrogen) atoms. The zero-order chi connectivity index (χ0) is 16.9. The second kappa shape index (κ2) is 7.09. The van der Waals surface area contributed by atoms with Gasteiger partial charge in [-0.3, -0.25) is 9.78 Å². The second-order valence-electron chi connectivity index (χ2n) is 5.88. The van der Waals surface area contributed by atoms with Crippen molar-refractivity contribution in [3.05, 3.63) is 95.3 Å². The molecule has 0 radical (unpaired) electrons. The predicted octanol–water partition coefficient (Wildman–Crippen LogP) is 4.36.